The number of amides is 1. The highest BCUT2D eigenvalue weighted by Gasteiger charge is 2.18. The topological polar surface area (TPSA) is 64.3 Å². The summed E-state index contributed by atoms with van der Waals surface area (Å²) in [6.07, 6.45) is 0. The van der Waals surface area contributed by atoms with Gasteiger partial charge in [0.15, 0.2) is 6.61 Å². The molecule has 0 bridgehead atoms. The number of carbonyl (C=O) groups is 1. The van der Waals surface area contributed by atoms with E-state index < -0.39 is 0 Å². The van der Waals surface area contributed by atoms with Gasteiger partial charge in [-0.15, -0.1) is 0 Å². The molecule has 0 radical (unpaired) electrons. The van der Waals surface area contributed by atoms with Crippen molar-refractivity contribution in [1.29, 1.82) is 0 Å². The summed E-state index contributed by atoms with van der Waals surface area (Å²) in [5, 5.41) is 3.74. The zero-order valence-corrected chi connectivity index (χ0v) is 13.0. The Morgan fingerprint density at radius 1 is 1.19 bits per heavy atom. The fourth-order valence-corrected chi connectivity index (χ4v) is 3.16. The summed E-state index contributed by atoms with van der Waals surface area (Å²) in [4.78, 5) is 13.1. The lowest BCUT2D eigenvalue weighted by molar-refractivity contribution is -0.118. The van der Waals surface area contributed by atoms with Crippen LogP contribution in [-0.2, 0) is 4.79 Å². The third kappa shape index (κ3) is 3.05. The minimum absolute atomic E-state index is 0.00568. The Morgan fingerprint density at radius 2 is 2.00 bits per heavy atom. The Bertz CT molecular complexity index is 737. The molecule has 21 heavy (non-hydrogen) atoms. The zero-order chi connectivity index (χ0) is 15.0. The van der Waals surface area contributed by atoms with Gasteiger partial charge in [0.1, 0.15) is 5.75 Å². The maximum absolute atomic E-state index is 11.4. The van der Waals surface area contributed by atoms with E-state index in [0.717, 1.165) is 9.79 Å². The first kappa shape index (κ1) is 14.4. The fourth-order valence-electron chi connectivity index (χ4n) is 1.88. The number of nitrogens with two attached hydrogens (primary N) is 1. The van der Waals surface area contributed by atoms with Crippen molar-refractivity contribution in [3.05, 3.63) is 40.4 Å². The maximum atomic E-state index is 11.4. The molecule has 2 aromatic rings. The van der Waals surface area contributed by atoms with E-state index in [0.29, 0.717) is 27.2 Å². The molecule has 0 aromatic heterocycles. The number of nitrogens with one attached hydrogen (secondary N) is 1. The molecule has 1 amide bonds. The van der Waals surface area contributed by atoms with Gasteiger partial charge in [-0.2, -0.15) is 0 Å². The van der Waals surface area contributed by atoms with E-state index in [1.54, 1.807) is 24.3 Å². The highest BCUT2D eigenvalue weighted by molar-refractivity contribution is 7.99. The number of hydrogen-bond acceptors (Lipinski definition) is 4. The van der Waals surface area contributed by atoms with Crippen LogP contribution in [0.15, 0.2) is 40.1 Å². The molecule has 2 aromatic carbocycles. The highest BCUT2D eigenvalue weighted by Crippen LogP contribution is 2.40. The van der Waals surface area contributed by atoms with Crippen LogP contribution < -0.4 is 15.8 Å². The molecule has 0 spiro atoms. The minimum atomic E-state index is -0.183. The number of fused-ring (bicyclic) bond motifs is 1. The van der Waals surface area contributed by atoms with Gasteiger partial charge in [0, 0.05) is 21.5 Å². The Kier molecular flexibility index (Phi) is 3.89. The lowest BCUT2D eigenvalue weighted by atomic mass is 10.2. The van der Waals surface area contributed by atoms with Crippen LogP contribution in [0.5, 0.6) is 5.75 Å². The molecular formula is C14H10Cl2N2O2S. The smallest absolute Gasteiger partial charge is 0.262 e. The van der Waals surface area contributed by atoms with Crippen molar-refractivity contribution in [2.24, 2.45) is 0 Å². The number of anilines is 2. The van der Waals surface area contributed by atoms with Crippen LogP contribution in [0.3, 0.4) is 0 Å². The average molecular weight is 341 g/mol. The van der Waals surface area contributed by atoms with E-state index in [-0.39, 0.29) is 12.5 Å². The first-order valence-corrected chi connectivity index (χ1v) is 7.59. The van der Waals surface area contributed by atoms with Crippen LogP contribution in [0.1, 0.15) is 0 Å². The number of benzene rings is 2. The second kappa shape index (κ2) is 5.67. The number of carbonyl (C=O) groups excluding carboxylic acids is 1. The largest absolute Gasteiger partial charge is 0.482 e. The molecule has 0 unspecified atom stereocenters. The average Bonchev–Trinajstić information content (AvgIpc) is 2.44. The summed E-state index contributed by atoms with van der Waals surface area (Å²) in [5.74, 6) is 0.392. The van der Waals surface area contributed by atoms with Gasteiger partial charge in [0.05, 0.1) is 15.7 Å². The second-order valence-corrected chi connectivity index (χ2v) is 6.33. The van der Waals surface area contributed by atoms with Gasteiger partial charge in [-0.3, -0.25) is 4.79 Å². The van der Waals surface area contributed by atoms with Crippen LogP contribution in [-0.4, -0.2) is 12.5 Å². The zero-order valence-electron chi connectivity index (χ0n) is 10.7. The van der Waals surface area contributed by atoms with Crippen LogP contribution in [0, 0.1) is 0 Å². The van der Waals surface area contributed by atoms with Crippen molar-refractivity contribution in [2.45, 2.75) is 9.79 Å². The van der Waals surface area contributed by atoms with Crippen LogP contribution in [0.25, 0.3) is 0 Å². The Balaban J connectivity index is 1.93. The number of hydrogen-bond donors (Lipinski definition) is 2. The molecule has 7 heteroatoms. The van der Waals surface area contributed by atoms with Crippen LogP contribution in [0.2, 0.25) is 10.0 Å². The lowest BCUT2D eigenvalue weighted by Gasteiger charge is -2.19. The van der Waals surface area contributed by atoms with E-state index in [1.165, 1.54) is 11.8 Å². The standard InChI is InChI=1S/C14H10Cl2N2O2S/c15-8-2-1-7(3-9(8)16)21-13-5-11-12(4-10(13)17)20-6-14(19)18-11/h1-5H,6,17H2,(H,18,19). The fraction of sp³-hybridized carbons (Fsp3) is 0.0714. The van der Waals surface area contributed by atoms with Gasteiger partial charge in [-0.1, -0.05) is 35.0 Å². The first-order valence-electron chi connectivity index (χ1n) is 6.02. The lowest BCUT2D eigenvalue weighted by Crippen LogP contribution is -2.25. The van der Waals surface area contributed by atoms with Gasteiger partial charge in [0.25, 0.3) is 5.91 Å². The number of rotatable bonds is 2. The highest BCUT2D eigenvalue weighted by atomic mass is 35.5. The molecule has 0 aliphatic carbocycles. The molecule has 0 saturated carbocycles. The van der Waals surface area contributed by atoms with Gasteiger partial charge in [-0.05, 0) is 24.3 Å². The van der Waals surface area contributed by atoms with Crippen molar-refractivity contribution in [3.63, 3.8) is 0 Å². The van der Waals surface area contributed by atoms with Crippen molar-refractivity contribution in [1.82, 2.24) is 0 Å². The van der Waals surface area contributed by atoms with E-state index in [9.17, 15) is 4.79 Å². The molecule has 1 aliphatic heterocycles. The van der Waals surface area contributed by atoms with E-state index in [2.05, 4.69) is 5.32 Å². The monoisotopic (exact) mass is 340 g/mol. The summed E-state index contributed by atoms with van der Waals surface area (Å²) in [6, 6.07) is 8.84. The van der Waals surface area contributed by atoms with Gasteiger partial charge in [-0.25, -0.2) is 0 Å². The number of ether oxygens (including phenoxy) is 1. The molecule has 1 heterocycles. The summed E-state index contributed by atoms with van der Waals surface area (Å²) in [7, 11) is 0. The summed E-state index contributed by atoms with van der Waals surface area (Å²) < 4.78 is 5.32. The normalized spacial score (nSPS) is 13.3. The molecule has 0 fully saturated rings. The predicted molar refractivity (Wildman–Crippen MR) is 85.6 cm³/mol. The van der Waals surface area contributed by atoms with Gasteiger partial charge in [0.2, 0.25) is 0 Å². The Labute approximate surface area is 135 Å². The van der Waals surface area contributed by atoms with Gasteiger partial charge < -0.3 is 15.8 Å². The van der Waals surface area contributed by atoms with Crippen LogP contribution in [0.4, 0.5) is 11.4 Å². The summed E-state index contributed by atoms with van der Waals surface area (Å²) in [6.45, 7) is 0.00568. The minimum Gasteiger partial charge on any atom is -0.482 e. The molecule has 4 nitrogen and oxygen atoms in total. The molecule has 3 N–H and O–H groups in total. The second-order valence-electron chi connectivity index (χ2n) is 4.40. The number of halogens is 2. The number of nitrogen functional groups attached to an aromatic ring is 1. The Hall–Kier alpha value is -1.56. The van der Waals surface area contributed by atoms with Gasteiger partial charge >= 0.3 is 0 Å². The predicted octanol–water partition coefficient (Wildman–Crippen LogP) is 4.06. The van der Waals surface area contributed by atoms with Crippen molar-refractivity contribution in [3.8, 4) is 5.75 Å². The first-order chi connectivity index (χ1) is 10.0. The molecule has 1 aliphatic rings. The summed E-state index contributed by atoms with van der Waals surface area (Å²) >= 11 is 13.3. The van der Waals surface area contributed by atoms with E-state index in [1.807, 2.05) is 6.07 Å². The SMILES string of the molecule is Nc1cc2c(cc1Sc1ccc(Cl)c(Cl)c1)NC(=O)CO2. The Morgan fingerprint density at radius 3 is 2.76 bits per heavy atom. The quantitative estimate of drug-likeness (QED) is 0.809. The summed E-state index contributed by atoms with van der Waals surface area (Å²) in [5.41, 5.74) is 7.21. The van der Waals surface area contributed by atoms with E-state index in [4.69, 9.17) is 33.7 Å². The van der Waals surface area contributed by atoms with Crippen molar-refractivity contribution < 1.29 is 9.53 Å². The molecule has 0 saturated heterocycles. The third-order valence-corrected chi connectivity index (χ3v) is 4.67. The van der Waals surface area contributed by atoms with Crippen LogP contribution >= 0.6 is 35.0 Å². The van der Waals surface area contributed by atoms with E-state index >= 15 is 0 Å². The van der Waals surface area contributed by atoms with Crippen molar-refractivity contribution >= 4 is 52.2 Å². The molecular weight excluding hydrogens is 331 g/mol. The molecule has 0 atom stereocenters. The molecule has 108 valence electrons. The van der Waals surface area contributed by atoms with Crippen molar-refractivity contribution in [2.75, 3.05) is 17.7 Å². The maximum Gasteiger partial charge on any atom is 0.262 e. The third-order valence-electron chi connectivity index (χ3n) is 2.86. The molecule has 3 rings (SSSR count).